The van der Waals surface area contributed by atoms with Gasteiger partial charge < -0.3 is 15.4 Å². The molecule has 1 saturated heterocycles. The number of carbonyl (C=O) groups excluding carboxylic acids is 3. The molecule has 0 saturated carbocycles. The summed E-state index contributed by atoms with van der Waals surface area (Å²) < 4.78 is 4.63. The third-order valence-corrected chi connectivity index (χ3v) is 5.29. The smallest absolute Gasteiger partial charge is 0.305 e. The predicted octanol–water partition coefficient (Wildman–Crippen LogP) is 2.26. The minimum atomic E-state index is -0.247. The van der Waals surface area contributed by atoms with Crippen molar-refractivity contribution in [1.82, 2.24) is 10.6 Å². The number of nitrogens with one attached hydrogen (secondary N) is 2. The highest BCUT2D eigenvalue weighted by Crippen LogP contribution is 2.32. The van der Waals surface area contributed by atoms with E-state index in [4.69, 9.17) is 0 Å². The molecule has 7 heteroatoms. The van der Waals surface area contributed by atoms with Crippen LogP contribution in [0.5, 0.6) is 0 Å². The van der Waals surface area contributed by atoms with Crippen LogP contribution in [-0.2, 0) is 14.3 Å². The fraction of sp³-hybridized carbons (Fsp3) is 0.421. The zero-order valence-corrected chi connectivity index (χ0v) is 15.8. The van der Waals surface area contributed by atoms with Crippen molar-refractivity contribution in [2.24, 2.45) is 0 Å². The van der Waals surface area contributed by atoms with Gasteiger partial charge in [-0.2, -0.15) is 0 Å². The molecule has 0 spiro atoms. The van der Waals surface area contributed by atoms with E-state index in [0.29, 0.717) is 30.6 Å². The number of thioether (sulfide) groups is 1. The van der Waals surface area contributed by atoms with Gasteiger partial charge in [-0.3, -0.25) is 14.4 Å². The number of hydrogen-bond donors (Lipinski definition) is 2. The molecule has 140 valence electrons. The lowest BCUT2D eigenvalue weighted by atomic mass is 10.1. The summed E-state index contributed by atoms with van der Waals surface area (Å²) in [7, 11) is 1.38. The highest BCUT2D eigenvalue weighted by atomic mass is 32.2. The van der Waals surface area contributed by atoms with Crippen LogP contribution in [0.1, 0.15) is 36.5 Å². The van der Waals surface area contributed by atoms with Gasteiger partial charge in [0.1, 0.15) is 0 Å². The number of methoxy groups -OCH3 is 1. The molecule has 1 aromatic carbocycles. The highest BCUT2D eigenvalue weighted by Gasteiger charge is 2.34. The van der Waals surface area contributed by atoms with Crippen LogP contribution in [0.25, 0.3) is 0 Å². The van der Waals surface area contributed by atoms with Crippen molar-refractivity contribution < 1.29 is 19.1 Å². The van der Waals surface area contributed by atoms with Crippen LogP contribution in [0.2, 0.25) is 0 Å². The van der Waals surface area contributed by atoms with Gasteiger partial charge in [-0.25, -0.2) is 0 Å². The Morgan fingerprint density at radius 1 is 1.23 bits per heavy atom. The Morgan fingerprint density at radius 2 is 1.96 bits per heavy atom. The maximum Gasteiger partial charge on any atom is 0.305 e. The Morgan fingerprint density at radius 3 is 2.62 bits per heavy atom. The largest absolute Gasteiger partial charge is 0.469 e. The lowest BCUT2D eigenvalue weighted by Crippen LogP contribution is -2.50. The van der Waals surface area contributed by atoms with Crippen molar-refractivity contribution in [2.75, 3.05) is 12.9 Å². The van der Waals surface area contributed by atoms with E-state index in [9.17, 15) is 14.4 Å². The second-order valence-electron chi connectivity index (χ2n) is 6.01. The van der Waals surface area contributed by atoms with E-state index in [2.05, 4.69) is 15.4 Å². The van der Waals surface area contributed by atoms with E-state index in [1.807, 2.05) is 24.3 Å². The second kappa shape index (κ2) is 10.0. The molecule has 2 rings (SSSR count). The van der Waals surface area contributed by atoms with Crippen molar-refractivity contribution >= 4 is 29.5 Å². The van der Waals surface area contributed by atoms with Gasteiger partial charge in [-0.05, 0) is 25.0 Å². The molecule has 1 aromatic rings. The predicted molar refractivity (Wildman–Crippen MR) is 102 cm³/mol. The van der Waals surface area contributed by atoms with E-state index in [0.717, 1.165) is 4.91 Å². The lowest BCUT2D eigenvalue weighted by Gasteiger charge is -2.22. The van der Waals surface area contributed by atoms with E-state index in [-0.39, 0.29) is 29.9 Å². The molecule has 1 fully saturated rings. The molecular weight excluding hydrogens is 352 g/mol. The Hall–Kier alpha value is -2.28. The molecule has 0 bridgehead atoms. The summed E-state index contributed by atoms with van der Waals surface area (Å²) >= 11 is 1.62. The summed E-state index contributed by atoms with van der Waals surface area (Å²) in [6.07, 6.45) is 3.80. The normalized spacial score (nSPS) is 20.6. The van der Waals surface area contributed by atoms with E-state index >= 15 is 0 Å². The monoisotopic (exact) mass is 376 g/mol. The van der Waals surface area contributed by atoms with Crippen molar-refractivity contribution in [1.29, 1.82) is 0 Å². The molecular formula is C19H24N2O4S. The van der Waals surface area contributed by atoms with Crippen molar-refractivity contribution in [2.45, 2.75) is 38.3 Å². The van der Waals surface area contributed by atoms with Crippen molar-refractivity contribution in [3.05, 3.63) is 46.9 Å². The minimum absolute atomic E-state index is 0.142. The molecule has 1 unspecified atom stereocenters. The van der Waals surface area contributed by atoms with Crippen LogP contribution in [0.15, 0.2) is 41.3 Å². The number of ether oxygens (including phenoxy) is 1. The molecule has 1 aliphatic heterocycles. The number of allylic oxidation sites excluding steroid dienone is 1. The summed E-state index contributed by atoms with van der Waals surface area (Å²) in [6, 6.07) is 8.58. The first kappa shape index (κ1) is 20.0. The minimum Gasteiger partial charge on any atom is -0.469 e. The summed E-state index contributed by atoms with van der Waals surface area (Å²) in [5, 5.41) is 5.93. The number of rotatable bonds is 7. The summed E-state index contributed by atoms with van der Waals surface area (Å²) in [5.74, 6) is 0.163. The van der Waals surface area contributed by atoms with Gasteiger partial charge in [0.05, 0.1) is 19.2 Å². The molecule has 2 amide bonds. The first-order chi connectivity index (χ1) is 12.5. The van der Waals surface area contributed by atoms with Crippen LogP contribution in [-0.4, -0.2) is 42.7 Å². The first-order valence-corrected chi connectivity index (χ1v) is 9.52. The maximum absolute atomic E-state index is 12.4. The first-order valence-electron chi connectivity index (χ1n) is 8.54. The van der Waals surface area contributed by atoms with E-state index < -0.39 is 0 Å². The van der Waals surface area contributed by atoms with Crippen LogP contribution >= 0.6 is 11.8 Å². The van der Waals surface area contributed by atoms with Gasteiger partial charge >= 0.3 is 5.97 Å². The van der Waals surface area contributed by atoms with Gasteiger partial charge in [0.2, 0.25) is 5.91 Å². The quantitative estimate of drug-likeness (QED) is 0.563. The summed E-state index contributed by atoms with van der Waals surface area (Å²) in [4.78, 5) is 36.2. The zero-order chi connectivity index (χ0) is 18.9. The average Bonchev–Trinajstić information content (AvgIpc) is 3.00. The summed E-state index contributed by atoms with van der Waals surface area (Å²) in [6.45, 7) is 1.47. The number of carbonyl (C=O) groups is 3. The Balaban J connectivity index is 1.99. The van der Waals surface area contributed by atoms with Crippen LogP contribution in [0.3, 0.4) is 0 Å². The fourth-order valence-electron chi connectivity index (χ4n) is 2.71. The number of esters is 1. The fourth-order valence-corrected chi connectivity index (χ4v) is 3.99. The van der Waals surface area contributed by atoms with Gasteiger partial charge in [0, 0.05) is 29.6 Å². The van der Waals surface area contributed by atoms with Crippen LogP contribution in [0.4, 0.5) is 0 Å². The van der Waals surface area contributed by atoms with E-state index in [1.54, 1.807) is 23.9 Å². The molecule has 6 nitrogen and oxygen atoms in total. The molecule has 1 heterocycles. The number of benzene rings is 1. The SMILES string of the molecule is COC(=O)CCC/C=C1\SC[C@@H](NC(=O)c2ccccc2)C1NC(C)=O. The molecule has 0 aromatic heterocycles. The topological polar surface area (TPSA) is 84.5 Å². The standard InChI is InChI=1S/C19H24N2O4S/c1-13(22)20-18-15(21-19(24)14-8-4-3-5-9-14)12-26-16(18)10-6-7-11-17(23)25-2/h3-5,8-10,15,18H,6-7,11-12H2,1-2H3,(H,20,22)(H,21,24)/b16-10-/t15-,18?/m1/s1. The van der Waals surface area contributed by atoms with Crippen LogP contribution < -0.4 is 10.6 Å². The molecule has 2 N–H and O–H groups in total. The van der Waals surface area contributed by atoms with Gasteiger partial charge in [0.25, 0.3) is 5.91 Å². The molecule has 1 aliphatic rings. The van der Waals surface area contributed by atoms with Gasteiger partial charge in [-0.1, -0.05) is 24.3 Å². The Bertz CT molecular complexity index is 675. The average molecular weight is 376 g/mol. The zero-order valence-electron chi connectivity index (χ0n) is 15.0. The van der Waals surface area contributed by atoms with Gasteiger partial charge in [0.15, 0.2) is 0 Å². The lowest BCUT2D eigenvalue weighted by molar-refractivity contribution is -0.140. The molecule has 2 atom stereocenters. The summed E-state index contributed by atoms with van der Waals surface area (Å²) in [5.41, 5.74) is 0.592. The molecule has 0 radical (unpaired) electrons. The molecule has 26 heavy (non-hydrogen) atoms. The number of amides is 2. The van der Waals surface area contributed by atoms with E-state index in [1.165, 1.54) is 14.0 Å². The van der Waals surface area contributed by atoms with Crippen molar-refractivity contribution in [3.8, 4) is 0 Å². The third-order valence-electron chi connectivity index (χ3n) is 4.01. The molecule has 0 aliphatic carbocycles. The maximum atomic E-state index is 12.4. The highest BCUT2D eigenvalue weighted by molar-refractivity contribution is 8.03. The number of unbranched alkanes of at least 4 members (excludes halogenated alkanes) is 1. The third kappa shape index (κ3) is 5.91. The second-order valence-corrected chi connectivity index (χ2v) is 7.10. The van der Waals surface area contributed by atoms with Crippen LogP contribution in [0, 0.1) is 0 Å². The van der Waals surface area contributed by atoms with Crippen molar-refractivity contribution in [3.63, 3.8) is 0 Å². The Labute approximate surface area is 157 Å². The number of hydrogen-bond acceptors (Lipinski definition) is 5. The Kier molecular flexibility index (Phi) is 7.72. The van der Waals surface area contributed by atoms with Gasteiger partial charge in [-0.15, -0.1) is 11.8 Å².